The van der Waals surface area contributed by atoms with Gasteiger partial charge in [0.1, 0.15) is 5.82 Å². The summed E-state index contributed by atoms with van der Waals surface area (Å²) in [5.41, 5.74) is 0. The zero-order valence-corrected chi connectivity index (χ0v) is 12.3. The minimum atomic E-state index is -3.66. The number of aliphatic hydroxyl groups is 1. The number of benzene rings is 1. The third-order valence-corrected chi connectivity index (χ3v) is 4.37. The summed E-state index contributed by atoms with van der Waals surface area (Å²) in [6, 6.07) is 4.48. The Balaban J connectivity index is 2.55. The molecule has 0 bridgehead atoms. The van der Waals surface area contributed by atoms with E-state index >= 15 is 0 Å². The first kappa shape index (κ1) is 17.0. The minimum absolute atomic E-state index is 0.0251. The van der Waals surface area contributed by atoms with Gasteiger partial charge in [0.15, 0.2) is 9.84 Å². The molecule has 114 valence electrons. The molecule has 7 heteroatoms. The number of ether oxygens (including phenoxy) is 2. The molecule has 0 saturated carbocycles. The zero-order valence-electron chi connectivity index (χ0n) is 11.5. The Bertz CT molecular complexity index is 500. The van der Waals surface area contributed by atoms with E-state index in [0.717, 1.165) is 12.1 Å². The van der Waals surface area contributed by atoms with Gasteiger partial charge in [0.25, 0.3) is 0 Å². The van der Waals surface area contributed by atoms with Crippen LogP contribution in [0.5, 0.6) is 0 Å². The Morgan fingerprint density at radius 2 is 1.85 bits per heavy atom. The standard InChI is InChI=1S/C13H19FO5S/c1-10(7-18-2)19-8-12(15)9-20(16,17)13-5-3-11(14)4-6-13/h3-6,10,12,15H,7-9H2,1-2H3. The van der Waals surface area contributed by atoms with Crippen molar-refractivity contribution in [2.24, 2.45) is 0 Å². The van der Waals surface area contributed by atoms with Crippen molar-refractivity contribution in [3.05, 3.63) is 30.1 Å². The summed E-state index contributed by atoms with van der Waals surface area (Å²) in [6.45, 7) is 2.01. The average molecular weight is 306 g/mol. The number of methoxy groups -OCH3 is 1. The van der Waals surface area contributed by atoms with E-state index in [-0.39, 0.29) is 17.6 Å². The number of hydrogen-bond acceptors (Lipinski definition) is 5. The van der Waals surface area contributed by atoms with E-state index in [2.05, 4.69) is 0 Å². The summed E-state index contributed by atoms with van der Waals surface area (Å²) in [5.74, 6) is -0.987. The smallest absolute Gasteiger partial charge is 0.181 e. The van der Waals surface area contributed by atoms with Gasteiger partial charge in [0.05, 0.1) is 36.1 Å². The first-order valence-corrected chi connectivity index (χ1v) is 7.77. The topological polar surface area (TPSA) is 72.8 Å². The molecule has 1 aromatic rings. The van der Waals surface area contributed by atoms with Gasteiger partial charge in [-0.15, -0.1) is 0 Å². The summed E-state index contributed by atoms with van der Waals surface area (Å²) in [6.07, 6.45) is -1.38. The van der Waals surface area contributed by atoms with Crippen molar-refractivity contribution >= 4 is 9.84 Å². The van der Waals surface area contributed by atoms with Crippen molar-refractivity contribution in [1.82, 2.24) is 0 Å². The largest absolute Gasteiger partial charge is 0.390 e. The molecule has 0 heterocycles. The molecular formula is C13H19FO5S. The Labute approximate surface area is 118 Å². The highest BCUT2D eigenvalue weighted by atomic mass is 32.2. The zero-order chi connectivity index (χ0) is 15.2. The SMILES string of the molecule is COCC(C)OCC(O)CS(=O)(=O)c1ccc(F)cc1. The number of halogens is 1. The number of rotatable bonds is 8. The van der Waals surface area contributed by atoms with Crippen LogP contribution in [0.2, 0.25) is 0 Å². The maximum absolute atomic E-state index is 12.7. The van der Waals surface area contributed by atoms with Gasteiger partial charge < -0.3 is 14.6 Å². The summed E-state index contributed by atoms with van der Waals surface area (Å²) >= 11 is 0. The molecule has 20 heavy (non-hydrogen) atoms. The van der Waals surface area contributed by atoms with Gasteiger partial charge in [-0.05, 0) is 31.2 Å². The van der Waals surface area contributed by atoms with Gasteiger partial charge in [0, 0.05) is 7.11 Å². The third kappa shape index (κ3) is 5.54. The van der Waals surface area contributed by atoms with E-state index in [0.29, 0.717) is 6.61 Å². The van der Waals surface area contributed by atoms with Gasteiger partial charge in [-0.3, -0.25) is 0 Å². The predicted octanol–water partition coefficient (Wildman–Crippen LogP) is 1.01. The predicted molar refractivity (Wildman–Crippen MR) is 71.7 cm³/mol. The Morgan fingerprint density at radius 1 is 1.25 bits per heavy atom. The van der Waals surface area contributed by atoms with Gasteiger partial charge in [-0.2, -0.15) is 0 Å². The van der Waals surface area contributed by atoms with Gasteiger partial charge >= 0.3 is 0 Å². The van der Waals surface area contributed by atoms with Crippen LogP contribution in [0.4, 0.5) is 4.39 Å². The van der Waals surface area contributed by atoms with E-state index in [1.54, 1.807) is 6.92 Å². The lowest BCUT2D eigenvalue weighted by atomic mass is 10.3. The van der Waals surface area contributed by atoms with E-state index in [4.69, 9.17) is 9.47 Å². The quantitative estimate of drug-likeness (QED) is 0.726. The fourth-order valence-electron chi connectivity index (χ4n) is 1.60. The molecule has 0 aliphatic rings. The van der Waals surface area contributed by atoms with Crippen LogP contribution in [0.15, 0.2) is 29.2 Å². The molecule has 0 amide bonds. The Morgan fingerprint density at radius 3 is 2.40 bits per heavy atom. The first-order chi connectivity index (χ1) is 9.35. The monoisotopic (exact) mass is 306 g/mol. The van der Waals surface area contributed by atoms with Gasteiger partial charge in [-0.1, -0.05) is 0 Å². The lowest BCUT2D eigenvalue weighted by Crippen LogP contribution is -2.28. The fraction of sp³-hybridized carbons (Fsp3) is 0.538. The van der Waals surface area contributed by atoms with Crippen molar-refractivity contribution in [3.8, 4) is 0 Å². The van der Waals surface area contributed by atoms with Crippen molar-refractivity contribution in [3.63, 3.8) is 0 Å². The maximum atomic E-state index is 12.7. The van der Waals surface area contributed by atoms with Crippen molar-refractivity contribution in [1.29, 1.82) is 0 Å². The highest BCUT2D eigenvalue weighted by Crippen LogP contribution is 2.13. The van der Waals surface area contributed by atoms with Crippen LogP contribution in [0, 0.1) is 5.82 Å². The maximum Gasteiger partial charge on any atom is 0.181 e. The molecule has 2 atom stereocenters. The second kappa shape index (κ2) is 7.68. The fourth-order valence-corrected chi connectivity index (χ4v) is 2.94. The molecule has 0 aromatic heterocycles. The van der Waals surface area contributed by atoms with Crippen LogP contribution in [-0.2, 0) is 19.3 Å². The first-order valence-electron chi connectivity index (χ1n) is 6.12. The van der Waals surface area contributed by atoms with Crippen LogP contribution < -0.4 is 0 Å². The number of hydrogen-bond donors (Lipinski definition) is 1. The normalized spacial score (nSPS) is 15.0. The van der Waals surface area contributed by atoms with Crippen LogP contribution >= 0.6 is 0 Å². The molecular weight excluding hydrogens is 287 g/mol. The lowest BCUT2D eigenvalue weighted by molar-refractivity contribution is -0.0260. The molecule has 0 radical (unpaired) electrons. The highest BCUT2D eigenvalue weighted by Gasteiger charge is 2.20. The summed E-state index contributed by atoms with van der Waals surface area (Å²) < 4.78 is 46.8. The number of sulfone groups is 1. The molecule has 0 spiro atoms. The van der Waals surface area contributed by atoms with E-state index in [1.807, 2.05) is 0 Å². The highest BCUT2D eigenvalue weighted by molar-refractivity contribution is 7.91. The summed E-state index contributed by atoms with van der Waals surface area (Å²) in [5, 5.41) is 9.70. The molecule has 0 fully saturated rings. The van der Waals surface area contributed by atoms with E-state index in [1.165, 1.54) is 19.2 Å². The lowest BCUT2D eigenvalue weighted by Gasteiger charge is -2.16. The molecule has 2 unspecified atom stereocenters. The van der Waals surface area contributed by atoms with Crippen molar-refractivity contribution < 1.29 is 27.4 Å². The number of aliphatic hydroxyl groups excluding tert-OH is 1. The van der Waals surface area contributed by atoms with Crippen LogP contribution in [0.1, 0.15) is 6.92 Å². The second-order valence-corrected chi connectivity index (χ2v) is 6.52. The molecule has 1 aromatic carbocycles. The van der Waals surface area contributed by atoms with Gasteiger partial charge in [-0.25, -0.2) is 12.8 Å². The molecule has 1 N–H and O–H groups in total. The molecule has 1 rings (SSSR count). The van der Waals surface area contributed by atoms with E-state index in [9.17, 15) is 17.9 Å². The Kier molecular flexibility index (Phi) is 6.54. The molecule has 0 aliphatic carbocycles. The molecule has 5 nitrogen and oxygen atoms in total. The van der Waals surface area contributed by atoms with Gasteiger partial charge in [0.2, 0.25) is 0 Å². The van der Waals surface area contributed by atoms with Crippen LogP contribution in [0.3, 0.4) is 0 Å². The summed E-state index contributed by atoms with van der Waals surface area (Å²) in [4.78, 5) is -0.0251. The average Bonchev–Trinajstić information content (AvgIpc) is 2.37. The second-order valence-electron chi connectivity index (χ2n) is 4.49. The van der Waals surface area contributed by atoms with Crippen LogP contribution in [0.25, 0.3) is 0 Å². The van der Waals surface area contributed by atoms with Crippen molar-refractivity contribution in [2.75, 3.05) is 26.1 Å². The van der Waals surface area contributed by atoms with E-state index < -0.39 is 27.5 Å². The van der Waals surface area contributed by atoms with Crippen molar-refractivity contribution in [2.45, 2.75) is 24.0 Å². The molecule has 0 saturated heterocycles. The summed E-state index contributed by atoms with van der Waals surface area (Å²) in [7, 11) is -2.14. The third-order valence-electron chi connectivity index (χ3n) is 2.56. The van der Waals surface area contributed by atoms with Crippen LogP contribution in [-0.4, -0.2) is 51.8 Å². The molecule has 0 aliphatic heterocycles. The Hall–Kier alpha value is -1.02. The minimum Gasteiger partial charge on any atom is -0.390 e.